The number of β-amino-alcohol motifs (C(OH)–C–C–N with tert-alkyl or cyclic N) is 1. The van der Waals surface area contributed by atoms with E-state index in [-0.39, 0.29) is 12.1 Å². The van der Waals surface area contributed by atoms with E-state index < -0.39 is 6.10 Å². The maximum Gasteiger partial charge on any atom is 0.119 e. The Hall–Kier alpha value is -1.10. The molecule has 0 heterocycles. The van der Waals surface area contributed by atoms with Crippen LogP contribution in [0.4, 0.5) is 0 Å². The first-order valence-corrected chi connectivity index (χ1v) is 7.76. The molecule has 3 atom stereocenters. The van der Waals surface area contributed by atoms with Crippen LogP contribution in [0.1, 0.15) is 44.3 Å². The minimum atomic E-state index is -0.597. The van der Waals surface area contributed by atoms with Gasteiger partial charge < -0.3 is 20.3 Å². The number of ether oxygens (including phenoxy) is 1. The van der Waals surface area contributed by atoms with Gasteiger partial charge in [0.25, 0.3) is 0 Å². The van der Waals surface area contributed by atoms with Crippen LogP contribution in [0.25, 0.3) is 0 Å². The van der Waals surface area contributed by atoms with E-state index in [0.29, 0.717) is 12.5 Å². The molecule has 1 saturated carbocycles. The smallest absolute Gasteiger partial charge is 0.119 e. The molecule has 1 fully saturated rings. The fourth-order valence-electron chi connectivity index (χ4n) is 3.30. The number of hydrogen-bond acceptors (Lipinski definition) is 4. The van der Waals surface area contributed by atoms with Gasteiger partial charge in [-0.25, -0.2) is 0 Å². The van der Waals surface area contributed by atoms with Crippen molar-refractivity contribution >= 4 is 0 Å². The molecule has 0 amide bonds. The third-order valence-electron chi connectivity index (χ3n) is 4.54. The highest BCUT2D eigenvalue weighted by molar-refractivity contribution is 5.30. The van der Waals surface area contributed by atoms with Crippen molar-refractivity contribution < 1.29 is 14.9 Å². The molecule has 118 valence electrons. The maximum absolute atomic E-state index is 10.3. The molecule has 3 unspecified atom stereocenters. The number of methoxy groups -OCH3 is 1. The van der Waals surface area contributed by atoms with E-state index in [0.717, 1.165) is 30.6 Å². The molecule has 2 rings (SSSR count). The molecule has 4 nitrogen and oxygen atoms in total. The lowest BCUT2D eigenvalue weighted by atomic mass is 9.76. The molecule has 1 aliphatic rings. The Morgan fingerprint density at radius 2 is 2.29 bits per heavy atom. The van der Waals surface area contributed by atoms with E-state index in [9.17, 15) is 10.2 Å². The van der Waals surface area contributed by atoms with Crippen LogP contribution in [-0.2, 0) is 0 Å². The van der Waals surface area contributed by atoms with Crippen molar-refractivity contribution in [2.45, 2.75) is 44.2 Å². The van der Waals surface area contributed by atoms with Crippen molar-refractivity contribution in [1.82, 2.24) is 5.32 Å². The van der Waals surface area contributed by atoms with Gasteiger partial charge in [0.2, 0.25) is 0 Å². The molecule has 1 aromatic rings. The third-order valence-corrected chi connectivity index (χ3v) is 4.54. The van der Waals surface area contributed by atoms with Crippen molar-refractivity contribution in [2.75, 3.05) is 20.3 Å². The number of aliphatic hydroxyl groups excluding tert-OH is 2. The molecule has 21 heavy (non-hydrogen) atoms. The van der Waals surface area contributed by atoms with Crippen molar-refractivity contribution in [3.05, 3.63) is 29.8 Å². The molecule has 0 bridgehead atoms. The van der Waals surface area contributed by atoms with Crippen molar-refractivity contribution in [2.24, 2.45) is 5.92 Å². The SMILES string of the molecule is COc1cccc(C(O)CNC2(CO)CCCC(C)C2)c1. The molecule has 0 spiro atoms. The van der Waals surface area contributed by atoms with E-state index in [1.165, 1.54) is 6.42 Å². The lowest BCUT2D eigenvalue weighted by molar-refractivity contribution is 0.0789. The Balaban J connectivity index is 1.97. The number of hydrogen-bond donors (Lipinski definition) is 3. The fraction of sp³-hybridized carbons (Fsp3) is 0.647. The standard InChI is InChI=1S/C17H27NO3/c1-13-5-4-8-17(10-13,12-19)18-11-16(20)14-6-3-7-15(9-14)21-2/h3,6-7,9,13,16,18-20H,4-5,8,10-12H2,1-2H3. The van der Waals surface area contributed by atoms with Gasteiger partial charge in [-0.1, -0.05) is 31.9 Å². The number of benzene rings is 1. The normalized spacial score (nSPS) is 27.3. The van der Waals surface area contributed by atoms with Crippen LogP contribution in [-0.4, -0.2) is 36.0 Å². The van der Waals surface area contributed by atoms with E-state index >= 15 is 0 Å². The molecule has 0 saturated heterocycles. The van der Waals surface area contributed by atoms with Crippen LogP contribution in [0.15, 0.2) is 24.3 Å². The van der Waals surface area contributed by atoms with Crippen LogP contribution >= 0.6 is 0 Å². The molecule has 1 aliphatic carbocycles. The van der Waals surface area contributed by atoms with Crippen LogP contribution in [0.5, 0.6) is 5.75 Å². The summed E-state index contributed by atoms with van der Waals surface area (Å²) >= 11 is 0. The van der Waals surface area contributed by atoms with Gasteiger partial charge in [-0.2, -0.15) is 0 Å². The van der Waals surface area contributed by atoms with Crippen LogP contribution < -0.4 is 10.1 Å². The van der Waals surface area contributed by atoms with Crippen molar-refractivity contribution in [3.63, 3.8) is 0 Å². The summed E-state index contributed by atoms with van der Waals surface area (Å²) in [5.74, 6) is 1.36. The average molecular weight is 293 g/mol. The molecule has 1 aromatic carbocycles. The monoisotopic (exact) mass is 293 g/mol. The van der Waals surface area contributed by atoms with Crippen molar-refractivity contribution in [3.8, 4) is 5.75 Å². The zero-order chi connectivity index (χ0) is 15.3. The largest absolute Gasteiger partial charge is 0.497 e. The molecular weight excluding hydrogens is 266 g/mol. The fourth-order valence-corrected chi connectivity index (χ4v) is 3.30. The Morgan fingerprint density at radius 3 is 2.95 bits per heavy atom. The van der Waals surface area contributed by atoms with Crippen molar-refractivity contribution in [1.29, 1.82) is 0 Å². The van der Waals surface area contributed by atoms with E-state index in [1.54, 1.807) is 7.11 Å². The second-order valence-electron chi connectivity index (χ2n) is 6.31. The Morgan fingerprint density at radius 1 is 1.48 bits per heavy atom. The number of rotatable bonds is 6. The molecule has 0 aromatic heterocycles. The minimum absolute atomic E-state index is 0.127. The first-order valence-electron chi connectivity index (χ1n) is 7.76. The first kappa shape index (κ1) is 16.3. The summed E-state index contributed by atoms with van der Waals surface area (Å²) in [6.07, 6.45) is 3.69. The van der Waals surface area contributed by atoms with Gasteiger partial charge in [-0.05, 0) is 36.5 Å². The van der Waals surface area contributed by atoms with Crippen LogP contribution in [0.2, 0.25) is 0 Å². The van der Waals surface area contributed by atoms with E-state index in [1.807, 2.05) is 24.3 Å². The Kier molecular flexibility index (Phi) is 5.62. The van der Waals surface area contributed by atoms with E-state index in [4.69, 9.17) is 4.74 Å². The lowest BCUT2D eigenvalue weighted by Crippen LogP contribution is -2.52. The Bertz CT molecular complexity index is 451. The second kappa shape index (κ2) is 7.25. The predicted molar refractivity (Wildman–Crippen MR) is 83.4 cm³/mol. The lowest BCUT2D eigenvalue weighted by Gasteiger charge is -2.40. The summed E-state index contributed by atoms with van der Waals surface area (Å²) in [4.78, 5) is 0. The second-order valence-corrected chi connectivity index (χ2v) is 6.31. The molecule has 0 aliphatic heterocycles. The highest BCUT2D eigenvalue weighted by Crippen LogP contribution is 2.32. The summed E-state index contributed by atoms with van der Waals surface area (Å²) in [6.45, 7) is 2.80. The highest BCUT2D eigenvalue weighted by Gasteiger charge is 2.34. The summed E-state index contributed by atoms with van der Waals surface area (Å²) in [7, 11) is 1.62. The number of aliphatic hydroxyl groups is 2. The predicted octanol–water partition coefficient (Wildman–Crippen LogP) is 2.26. The van der Waals surface area contributed by atoms with Gasteiger partial charge in [0.1, 0.15) is 5.75 Å². The van der Waals surface area contributed by atoms with E-state index in [2.05, 4.69) is 12.2 Å². The molecule has 3 N–H and O–H groups in total. The Labute approximate surface area is 127 Å². The zero-order valence-electron chi connectivity index (χ0n) is 13.0. The summed E-state index contributed by atoms with van der Waals surface area (Å²) < 4.78 is 5.18. The maximum atomic E-state index is 10.3. The molecule has 4 heteroatoms. The zero-order valence-corrected chi connectivity index (χ0v) is 13.0. The summed E-state index contributed by atoms with van der Waals surface area (Å²) in [5.41, 5.74) is 0.594. The van der Waals surface area contributed by atoms with Crippen LogP contribution in [0, 0.1) is 5.92 Å². The van der Waals surface area contributed by atoms with Gasteiger partial charge in [0.05, 0.1) is 19.8 Å². The van der Waals surface area contributed by atoms with Crippen LogP contribution in [0.3, 0.4) is 0 Å². The topological polar surface area (TPSA) is 61.7 Å². The molecule has 0 radical (unpaired) electrons. The van der Waals surface area contributed by atoms with Gasteiger partial charge in [-0.15, -0.1) is 0 Å². The van der Waals surface area contributed by atoms with Gasteiger partial charge in [-0.3, -0.25) is 0 Å². The molecular formula is C17H27NO3. The third kappa shape index (κ3) is 4.19. The average Bonchev–Trinajstić information content (AvgIpc) is 2.52. The van der Waals surface area contributed by atoms with Gasteiger partial charge >= 0.3 is 0 Å². The first-order chi connectivity index (χ1) is 10.1. The number of nitrogens with one attached hydrogen (secondary N) is 1. The summed E-state index contributed by atoms with van der Waals surface area (Å²) in [5, 5.41) is 23.5. The summed E-state index contributed by atoms with van der Waals surface area (Å²) in [6, 6.07) is 7.48. The van der Waals surface area contributed by atoms with Gasteiger partial charge in [0.15, 0.2) is 0 Å². The minimum Gasteiger partial charge on any atom is -0.497 e. The highest BCUT2D eigenvalue weighted by atomic mass is 16.5. The van der Waals surface area contributed by atoms with Gasteiger partial charge in [0, 0.05) is 12.1 Å². The quantitative estimate of drug-likeness (QED) is 0.753.